The number of phenols is 1. The van der Waals surface area contributed by atoms with Crippen molar-refractivity contribution in [2.75, 3.05) is 20.2 Å². The van der Waals surface area contributed by atoms with Crippen LogP contribution in [0.3, 0.4) is 0 Å². The maximum Gasteiger partial charge on any atom is 0.165 e. The van der Waals surface area contributed by atoms with Gasteiger partial charge in [0.15, 0.2) is 11.5 Å². The molecular formula is C27H35NO4. The average Bonchev–Trinajstić information content (AvgIpc) is 3.14. The Hall–Kier alpha value is -1.82. The van der Waals surface area contributed by atoms with Gasteiger partial charge in [-0.15, -0.1) is 6.58 Å². The molecule has 3 unspecified atom stereocenters. The Balaban J connectivity index is 1.64. The summed E-state index contributed by atoms with van der Waals surface area (Å²) in [5.74, 6) is 0.776. The number of fused-ring (bicyclic) bond motifs is 1. The van der Waals surface area contributed by atoms with E-state index in [2.05, 4.69) is 36.6 Å². The van der Waals surface area contributed by atoms with E-state index in [1.165, 1.54) is 11.1 Å². The van der Waals surface area contributed by atoms with Gasteiger partial charge in [-0.25, -0.2) is 0 Å². The number of aliphatic hydroxyl groups is 1. The third-order valence-electron chi connectivity index (χ3n) is 9.79. The van der Waals surface area contributed by atoms with Crippen molar-refractivity contribution in [1.29, 1.82) is 0 Å². The fourth-order valence-electron chi connectivity index (χ4n) is 8.70. The van der Waals surface area contributed by atoms with Crippen LogP contribution in [0, 0.1) is 11.3 Å². The van der Waals surface area contributed by atoms with Gasteiger partial charge in [-0.05, 0) is 50.8 Å². The molecule has 4 aliphatic carbocycles. The lowest BCUT2D eigenvalue weighted by Gasteiger charge is -2.72. The minimum Gasteiger partial charge on any atom is -0.504 e. The summed E-state index contributed by atoms with van der Waals surface area (Å²) in [6, 6.07) is 4.18. The quantitative estimate of drug-likeness (QED) is 0.664. The number of piperidine rings is 1. The first-order valence-electron chi connectivity index (χ1n) is 12.2. The van der Waals surface area contributed by atoms with Crippen LogP contribution < -0.4 is 4.74 Å². The van der Waals surface area contributed by atoms with Gasteiger partial charge < -0.3 is 19.7 Å². The van der Waals surface area contributed by atoms with E-state index in [4.69, 9.17) is 9.47 Å². The van der Waals surface area contributed by atoms with Crippen LogP contribution in [0.1, 0.15) is 50.7 Å². The highest BCUT2D eigenvalue weighted by molar-refractivity contribution is 5.65. The molecule has 7 rings (SSSR count). The number of benzene rings is 1. The van der Waals surface area contributed by atoms with Crippen LogP contribution in [0.2, 0.25) is 0 Å². The molecule has 1 saturated heterocycles. The third kappa shape index (κ3) is 2.07. The van der Waals surface area contributed by atoms with Crippen LogP contribution in [0.15, 0.2) is 36.9 Å². The summed E-state index contributed by atoms with van der Waals surface area (Å²) < 4.78 is 13.1. The van der Waals surface area contributed by atoms with Gasteiger partial charge in [0.1, 0.15) is 11.7 Å². The molecule has 4 bridgehead atoms. The van der Waals surface area contributed by atoms with E-state index in [9.17, 15) is 10.2 Å². The molecule has 0 amide bonds. The number of methoxy groups -OCH3 is 1. The summed E-state index contributed by atoms with van der Waals surface area (Å²) in [6.45, 7) is 9.95. The molecule has 0 radical (unpaired) electrons. The number of nitrogens with zero attached hydrogens (tertiary/aromatic N) is 1. The Bertz CT molecular complexity index is 1020. The SMILES string of the molecule is C=CCN1CC[C@]23c4c5ccc(O)c4OC2[C@@]2(OC)C=C[C@@]3(CC2[C@@](C)(O)CCC)C1C5. The van der Waals surface area contributed by atoms with Crippen molar-refractivity contribution in [2.24, 2.45) is 11.3 Å². The lowest BCUT2D eigenvalue weighted by atomic mass is 9.36. The van der Waals surface area contributed by atoms with Gasteiger partial charge in [0.25, 0.3) is 0 Å². The Morgan fingerprint density at radius 2 is 2.19 bits per heavy atom. The normalized spacial score (nSPS) is 42.3. The lowest BCUT2D eigenvalue weighted by molar-refractivity contribution is -0.248. The number of aromatic hydroxyl groups is 1. The molecule has 2 spiro atoms. The number of rotatable bonds is 6. The average molecular weight is 438 g/mol. The predicted molar refractivity (Wildman–Crippen MR) is 123 cm³/mol. The first-order chi connectivity index (χ1) is 15.3. The molecule has 2 aliphatic heterocycles. The smallest absolute Gasteiger partial charge is 0.165 e. The van der Waals surface area contributed by atoms with Gasteiger partial charge in [-0.1, -0.05) is 37.6 Å². The van der Waals surface area contributed by atoms with Crippen molar-refractivity contribution in [3.63, 3.8) is 0 Å². The van der Waals surface area contributed by atoms with Gasteiger partial charge in [-0.3, -0.25) is 4.90 Å². The molecule has 1 aromatic rings. The summed E-state index contributed by atoms with van der Waals surface area (Å²) in [7, 11) is 1.76. The number of hydrogen-bond donors (Lipinski definition) is 2. The van der Waals surface area contributed by atoms with E-state index in [-0.39, 0.29) is 28.6 Å². The minimum absolute atomic E-state index is 0.0905. The predicted octanol–water partition coefficient (Wildman–Crippen LogP) is 3.72. The van der Waals surface area contributed by atoms with Gasteiger partial charge in [0.2, 0.25) is 0 Å². The molecule has 5 heteroatoms. The van der Waals surface area contributed by atoms with Gasteiger partial charge in [-0.2, -0.15) is 0 Å². The molecule has 1 saturated carbocycles. The molecule has 172 valence electrons. The number of likely N-dealkylation sites (tertiary alicyclic amines) is 1. The van der Waals surface area contributed by atoms with Crippen LogP contribution in [-0.4, -0.2) is 58.7 Å². The Morgan fingerprint density at radius 3 is 2.91 bits per heavy atom. The largest absolute Gasteiger partial charge is 0.504 e. The van der Waals surface area contributed by atoms with Crippen molar-refractivity contribution >= 4 is 0 Å². The highest BCUT2D eigenvalue weighted by Crippen LogP contribution is 2.75. The van der Waals surface area contributed by atoms with Crippen LogP contribution in [0.25, 0.3) is 0 Å². The molecule has 32 heavy (non-hydrogen) atoms. The van der Waals surface area contributed by atoms with E-state index >= 15 is 0 Å². The summed E-state index contributed by atoms with van der Waals surface area (Å²) >= 11 is 0. The summed E-state index contributed by atoms with van der Waals surface area (Å²) in [5, 5.41) is 22.6. The van der Waals surface area contributed by atoms with E-state index in [0.717, 1.165) is 45.2 Å². The van der Waals surface area contributed by atoms with Crippen LogP contribution in [-0.2, 0) is 16.6 Å². The zero-order valence-corrected chi connectivity index (χ0v) is 19.4. The molecular weight excluding hydrogens is 402 g/mol. The van der Waals surface area contributed by atoms with E-state index < -0.39 is 11.2 Å². The monoisotopic (exact) mass is 437 g/mol. The van der Waals surface area contributed by atoms with Gasteiger partial charge in [0, 0.05) is 36.6 Å². The Morgan fingerprint density at radius 1 is 1.38 bits per heavy atom. The van der Waals surface area contributed by atoms with Gasteiger partial charge >= 0.3 is 0 Å². The summed E-state index contributed by atoms with van der Waals surface area (Å²) in [4.78, 5) is 2.57. The Labute approximate surface area is 190 Å². The maximum absolute atomic E-state index is 11.8. The molecule has 2 N–H and O–H groups in total. The summed E-state index contributed by atoms with van der Waals surface area (Å²) in [6.07, 6.45) is 10.7. The first-order valence-corrected chi connectivity index (χ1v) is 12.2. The topological polar surface area (TPSA) is 62.2 Å². The number of hydrogen-bond acceptors (Lipinski definition) is 5. The second-order valence-electron chi connectivity index (χ2n) is 11.0. The second-order valence-corrected chi connectivity index (χ2v) is 11.0. The maximum atomic E-state index is 11.8. The van der Waals surface area contributed by atoms with Crippen molar-refractivity contribution in [2.45, 2.75) is 74.7 Å². The van der Waals surface area contributed by atoms with Crippen molar-refractivity contribution in [1.82, 2.24) is 4.90 Å². The molecule has 6 aliphatic rings. The fourth-order valence-corrected chi connectivity index (χ4v) is 8.70. The molecule has 5 nitrogen and oxygen atoms in total. The van der Waals surface area contributed by atoms with Crippen molar-refractivity contribution in [3.8, 4) is 11.5 Å². The highest BCUT2D eigenvalue weighted by Gasteiger charge is 2.80. The van der Waals surface area contributed by atoms with E-state index in [0.29, 0.717) is 11.8 Å². The lowest BCUT2D eigenvalue weighted by Crippen LogP contribution is -2.80. The summed E-state index contributed by atoms with van der Waals surface area (Å²) in [5.41, 5.74) is 0.465. The molecule has 2 heterocycles. The molecule has 1 aromatic carbocycles. The fraction of sp³-hybridized carbons (Fsp3) is 0.630. The zero-order valence-electron chi connectivity index (χ0n) is 19.4. The standard InChI is InChI=1S/C27H35NO4/c1-5-9-24(3,30)19-16-25-10-11-27(19,31-4)23-26(25)12-14-28(13-6-2)20(25)15-17-7-8-18(29)22(32-23)21(17)26/h6-8,10-11,19-20,23,29-30H,2,5,9,12-16H2,1,3-4H3/t19?,20?,23?,24-,25+,26-,27+/m0/s1. The Kier molecular flexibility index (Phi) is 4.15. The zero-order chi connectivity index (χ0) is 22.5. The van der Waals surface area contributed by atoms with Gasteiger partial charge in [0.05, 0.1) is 11.0 Å². The highest BCUT2D eigenvalue weighted by atomic mass is 16.6. The number of ether oxygens (including phenoxy) is 2. The number of phenolic OH excluding ortho intramolecular Hbond substituents is 1. The second kappa shape index (κ2) is 6.40. The van der Waals surface area contributed by atoms with Crippen molar-refractivity contribution in [3.05, 3.63) is 48.1 Å². The van der Waals surface area contributed by atoms with Crippen molar-refractivity contribution < 1.29 is 19.7 Å². The molecule has 7 atom stereocenters. The van der Waals surface area contributed by atoms with E-state index in [1.807, 2.05) is 13.0 Å². The van der Waals surface area contributed by atoms with E-state index in [1.54, 1.807) is 13.2 Å². The van der Waals surface area contributed by atoms with Crippen LogP contribution >= 0.6 is 0 Å². The molecule has 0 aromatic heterocycles. The van der Waals surface area contributed by atoms with Crippen LogP contribution in [0.4, 0.5) is 0 Å². The molecule has 2 fully saturated rings. The first kappa shape index (κ1) is 20.8. The third-order valence-corrected chi connectivity index (χ3v) is 9.79. The minimum atomic E-state index is -0.873. The van der Waals surface area contributed by atoms with Crippen LogP contribution in [0.5, 0.6) is 11.5 Å².